The molecule has 6 heteroatoms. The number of nitrogens with one attached hydrogen (secondary N) is 1. The number of morpholine rings is 1. The van der Waals surface area contributed by atoms with Gasteiger partial charge in [0.25, 0.3) is 5.91 Å². The standard InChI is InChI=1S/C28H29N3O3/c1-2-20-5-3-4-6-25(20)29-28(33)31-14-13-24-19-23(11-12-26(24)31)21-7-9-22(10-8-21)27(32)30-15-17-34-18-16-30/h3-12,19H,2,13-18H2,1H3,(H,29,33). The van der Waals surface area contributed by atoms with Crippen molar-refractivity contribution in [2.24, 2.45) is 0 Å². The maximum absolute atomic E-state index is 13.0. The highest BCUT2D eigenvalue weighted by Crippen LogP contribution is 2.33. The molecule has 174 valence electrons. The lowest BCUT2D eigenvalue weighted by molar-refractivity contribution is 0.0303. The molecule has 5 rings (SSSR count). The summed E-state index contributed by atoms with van der Waals surface area (Å²) in [6, 6.07) is 21.8. The third kappa shape index (κ3) is 4.41. The molecule has 0 unspecified atom stereocenters. The second kappa shape index (κ2) is 9.69. The van der Waals surface area contributed by atoms with Gasteiger partial charge in [0.1, 0.15) is 0 Å². The van der Waals surface area contributed by atoms with Gasteiger partial charge in [-0.3, -0.25) is 9.69 Å². The predicted octanol–water partition coefficient (Wildman–Crippen LogP) is 4.98. The van der Waals surface area contributed by atoms with E-state index in [1.807, 2.05) is 70.5 Å². The van der Waals surface area contributed by atoms with Gasteiger partial charge >= 0.3 is 6.03 Å². The molecule has 2 heterocycles. The van der Waals surface area contributed by atoms with Crippen molar-refractivity contribution in [3.63, 3.8) is 0 Å². The lowest BCUT2D eigenvalue weighted by atomic mass is 10.0. The highest BCUT2D eigenvalue weighted by Gasteiger charge is 2.25. The smallest absolute Gasteiger partial charge is 0.326 e. The Labute approximate surface area is 200 Å². The fourth-order valence-corrected chi connectivity index (χ4v) is 4.68. The van der Waals surface area contributed by atoms with Crippen LogP contribution >= 0.6 is 0 Å². The van der Waals surface area contributed by atoms with Gasteiger partial charge in [0.15, 0.2) is 0 Å². The summed E-state index contributed by atoms with van der Waals surface area (Å²) in [5.74, 6) is 0.0510. The number of carbonyl (C=O) groups excluding carboxylic acids is 2. The van der Waals surface area contributed by atoms with Crippen LogP contribution in [-0.2, 0) is 17.6 Å². The van der Waals surface area contributed by atoms with E-state index in [-0.39, 0.29) is 11.9 Å². The zero-order valence-corrected chi connectivity index (χ0v) is 19.4. The highest BCUT2D eigenvalue weighted by molar-refractivity contribution is 6.03. The van der Waals surface area contributed by atoms with E-state index >= 15 is 0 Å². The summed E-state index contributed by atoms with van der Waals surface area (Å²) in [6.07, 6.45) is 1.69. The number of carbonyl (C=O) groups is 2. The molecule has 1 fully saturated rings. The molecular weight excluding hydrogens is 426 g/mol. The summed E-state index contributed by atoms with van der Waals surface area (Å²) in [6.45, 7) is 5.21. The Morgan fingerprint density at radius 1 is 0.912 bits per heavy atom. The van der Waals surface area contributed by atoms with Crippen LogP contribution in [0.3, 0.4) is 0 Å². The van der Waals surface area contributed by atoms with Crippen LogP contribution < -0.4 is 10.2 Å². The zero-order valence-electron chi connectivity index (χ0n) is 19.4. The molecule has 2 aliphatic heterocycles. The molecule has 0 aromatic heterocycles. The Kier molecular flexibility index (Phi) is 6.32. The summed E-state index contributed by atoms with van der Waals surface area (Å²) in [5, 5.41) is 3.08. The quantitative estimate of drug-likeness (QED) is 0.603. The number of rotatable bonds is 4. The van der Waals surface area contributed by atoms with Crippen LogP contribution in [0.4, 0.5) is 16.2 Å². The Balaban J connectivity index is 1.30. The molecule has 0 radical (unpaired) electrons. The van der Waals surface area contributed by atoms with Crippen molar-refractivity contribution in [3.8, 4) is 11.1 Å². The van der Waals surface area contributed by atoms with Gasteiger partial charge in [-0.2, -0.15) is 0 Å². The number of amides is 3. The van der Waals surface area contributed by atoms with Crippen molar-refractivity contribution in [3.05, 3.63) is 83.4 Å². The minimum Gasteiger partial charge on any atom is -0.378 e. The summed E-state index contributed by atoms with van der Waals surface area (Å²) in [4.78, 5) is 29.4. The molecule has 6 nitrogen and oxygen atoms in total. The van der Waals surface area contributed by atoms with Crippen LogP contribution in [0, 0.1) is 0 Å². The highest BCUT2D eigenvalue weighted by atomic mass is 16.5. The first kappa shape index (κ1) is 22.2. The van der Waals surface area contributed by atoms with Crippen molar-refractivity contribution < 1.29 is 14.3 Å². The topological polar surface area (TPSA) is 61.9 Å². The van der Waals surface area contributed by atoms with Gasteiger partial charge < -0.3 is 15.0 Å². The lowest BCUT2D eigenvalue weighted by Gasteiger charge is -2.26. The van der Waals surface area contributed by atoms with E-state index in [1.54, 1.807) is 0 Å². The van der Waals surface area contributed by atoms with E-state index < -0.39 is 0 Å². The van der Waals surface area contributed by atoms with Crippen molar-refractivity contribution in [2.45, 2.75) is 19.8 Å². The van der Waals surface area contributed by atoms with Crippen molar-refractivity contribution in [1.29, 1.82) is 0 Å². The number of hydrogen-bond donors (Lipinski definition) is 1. The van der Waals surface area contributed by atoms with Gasteiger partial charge in [-0.05, 0) is 65.4 Å². The maximum Gasteiger partial charge on any atom is 0.326 e. The molecule has 0 bridgehead atoms. The number of aryl methyl sites for hydroxylation is 1. The number of benzene rings is 3. The summed E-state index contributed by atoms with van der Waals surface area (Å²) < 4.78 is 5.34. The van der Waals surface area contributed by atoms with Crippen LogP contribution in [0.2, 0.25) is 0 Å². The largest absolute Gasteiger partial charge is 0.378 e. The van der Waals surface area contributed by atoms with E-state index in [0.29, 0.717) is 38.4 Å². The van der Waals surface area contributed by atoms with Crippen LogP contribution in [0.15, 0.2) is 66.7 Å². The van der Waals surface area contributed by atoms with Crippen LogP contribution in [0.1, 0.15) is 28.4 Å². The van der Waals surface area contributed by atoms with Crippen LogP contribution in [0.5, 0.6) is 0 Å². The number of nitrogens with zero attached hydrogens (tertiary/aromatic N) is 2. The molecule has 3 aromatic rings. The molecule has 1 saturated heterocycles. The first-order valence-corrected chi connectivity index (χ1v) is 11.9. The number of urea groups is 1. The average molecular weight is 456 g/mol. The minimum absolute atomic E-state index is 0.0510. The number of para-hydroxylation sites is 1. The van der Waals surface area contributed by atoms with Gasteiger partial charge in [-0.1, -0.05) is 43.3 Å². The summed E-state index contributed by atoms with van der Waals surface area (Å²) in [7, 11) is 0. The minimum atomic E-state index is -0.0987. The fourth-order valence-electron chi connectivity index (χ4n) is 4.68. The van der Waals surface area contributed by atoms with Gasteiger partial charge in [0, 0.05) is 36.6 Å². The van der Waals surface area contributed by atoms with Gasteiger partial charge in [-0.25, -0.2) is 4.79 Å². The molecule has 3 amide bonds. The molecule has 0 aliphatic carbocycles. The zero-order chi connectivity index (χ0) is 23.5. The van der Waals surface area contributed by atoms with Gasteiger partial charge in [0.05, 0.1) is 13.2 Å². The molecule has 2 aliphatic rings. The summed E-state index contributed by atoms with van der Waals surface area (Å²) in [5.41, 5.74) is 6.94. The molecule has 1 N–H and O–H groups in total. The number of fused-ring (bicyclic) bond motifs is 1. The monoisotopic (exact) mass is 455 g/mol. The molecule has 0 atom stereocenters. The van der Waals surface area contributed by atoms with Crippen molar-refractivity contribution >= 4 is 23.3 Å². The van der Waals surface area contributed by atoms with Gasteiger partial charge in [0.2, 0.25) is 0 Å². The van der Waals surface area contributed by atoms with Crippen LogP contribution in [0.25, 0.3) is 11.1 Å². The third-order valence-electron chi connectivity index (χ3n) is 6.62. The van der Waals surface area contributed by atoms with E-state index in [2.05, 4.69) is 18.3 Å². The Hall–Kier alpha value is -3.64. The number of hydrogen-bond acceptors (Lipinski definition) is 3. The van der Waals surface area contributed by atoms with E-state index in [0.717, 1.165) is 46.5 Å². The molecule has 0 saturated carbocycles. The Morgan fingerprint density at radius 2 is 1.65 bits per heavy atom. The third-order valence-corrected chi connectivity index (χ3v) is 6.62. The maximum atomic E-state index is 13.0. The van der Waals surface area contributed by atoms with E-state index in [9.17, 15) is 9.59 Å². The molecule has 0 spiro atoms. The summed E-state index contributed by atoms with van der Waals surface area (Å²) >= 11 is 0. The van der Waals surface area contributed by atoms with Gasteiger partial charge in [-0.15, -0.1) is 0 Å². The van der Waals surface area contributed by atoms with Crippen molar-refractivity contribution in [2.75, 3.05) is 43.1 Å². The Morgan fingerprint density at radius 3 is 2.41 bits per heavy atom. The first-order chi connectivity index (χ1) is 16.6. The van der Waals surface area contributed by atoms with Crippen LogP contribution in [-0.4, -0.2) is 49.7 Å². The van der Waals surface area contributed by atoms with E-state index in [4.69, 9.17) is 4.74 Å². The first-order valence-electron chi connectivity index (χ1n) is 11.9. The number of ether oxygens (including phenoxy) is 1. The van der Waals surface area contributed by atoms with E-state index in [1.165, 1.54) is 0 Å². The molecule has 34 heavy (non-hydrogen) atoms. The lowest BCUT2D eigenvalue weighted by Crippen LogP contribution is -2.40. The fraction of sp³-hybridized carbons (Fsp3) is 0.286. The Bertz CT molecular complexity index is 1200. The second-order valence-electron chi connectivity index (χ2n) is 8.67. The average Bonchev–Trinajstić information content (AvgIpc) is 3.33. The second-order valence-corrected chi connectivity index (χ2v) is 8.67. The van der Waals surface area contributed by atoms with Crippen molar-refractivity contribution in [1.82, 2.24) is 4.90 Å². The number of anilines is 2. The molecular formula is C28H29N3O3. The normalized spacial score (nSPS) is 15.2. The predicted molar refractivity (Wildman–Crippen MR) is 134 cm³/mol. The molecule has 3 aromatic carbocycles. The SMILES string of the molecule is CCc1ccccc1NC(=O)N1CCc2cc(-c3ccc(C(=O)N4CCOCC4)cc3)ccc21.